The second-order valence-corrected chi connectivity index (χ2v) is 6.98. The largest absolute Gasteiger partial charge is 0.497 e. The summed E-state index contributed by atoms with van der Waals surface area (Å²) in [4.78, 5) is 19.2. The lowest BCUT2D eigenvalue weighted by Gasteiger charge is -2.18. The molecule has 1 amide bonds. The van der Waals surface area contributed by atoms with Crippen molar-refractivity contribution in [2.24, 2.45) is 0 Å². The molecule has 0 bridgehead atoms. The van der Waals surface area contributed by atoms with Crippen LogP contribution in [0.5, 0.6) is 5.75 Å². The van der Waals surface area contributed by atoms with E-state index >= 15 is 0 Å². The first-order chi connectivity index (χ1) is 14.2. The third-order valence-electron chi connectivity index (χ3n) is 4.95. The van der Waals surface area contributed by atoms with Crippen molar-refractivity contribution in [1.82, 2.24) is 4.98 Å². The predicted octanol–water partition coefficient (Wildman–Crippen LogP) is 4.69. The Morgan fingerprint density at radius 3 is 2.52 bits per heavy atom. The fourth-order valence-corrected chi connectivity index (χ4v) is 3.43. The van der Waals surface area contributed by atoms with Gasteiger partial charge in [-0.2, -0.15) is 0 Å². The number of nitrogens with zero attached hydrogens (tertiary/aromatic N) is 2. The van der Waals surface area contributed by atoms with Gasteiger partial charge in [0, 0.05) is 48.1 Å². The molecule has 0 spiro atoms. The van der Waals surface area contributed by atoms with Gasteiger partial charge in [0.1, 0.15) is 11.4 Å². The summed E-state index contributed by atoms with van der Waals surface area (Å²) < 4.78 is 5.19. The summed E-state index contributed by atoms with van der Waals surface area (Å²) >= 11 is 0. The zero-order valence-electron chi connectivity index (χ0n) is 16.4. The number of anilines is 4. The molecule has 3 aromatic rings. The second-order valence-electron chi connectivity index (χ2n) is 6.98. The van der Waals surface area contributed by atoms with Crippen molar-refractivity contribution in [1.29, 1.82) is 0 Å². The first-order valence-electron chi connectivity index (χ1n) is 9.75. The molecule has 1 fully saturated rings. The first kappa shape index (κ1) is 18.8. The lowest BCUT2D eigenvalue weighted by molar-refractivity contribution is 0.102. The maximum absolute atomic E-state index is 12.6. The molecule has 1 saturated heterocycles. The highest BCUT2D eigenvalue weighted by molar-refractivity contribution is 6.03. The Hall–Kier alpha value is -3.54. The molecule has 0 aliphatic carbocycles. The Labute approximate surface area is 170 Å². The Morgan fingerprint density at radius 2 is 1.76 bits per heavy atom. The van der Waals surface area contributed by atoms with Crippen molar-refractivity contribution >= 4 is 28.7 Å². The van der Waals surface area contributed by atoms with Crippen LogP contribution in [0.1, 0.15) is 23.3 Å². The fourth-order valence-electron chi connectivity index (χ4n) is 3.43. The SMILES string of the molecule is COc1cccc(NC(=O)c2cc(Nc3ccc(N4CCCC4)cc3)ccn2)c1. The van der Waals surface area contributed by atoms with Crippen LogP contribution in [0.2, 0.25) is 0 Å². The molecule has 0 atom stereocenters. The predicted molar refractivity (Wildman–Crippen MR) is 116 cm³/mol. The lowest BCUT2D eigenvalue weighted by atomic mass is 10.2. The molecule has 2 N–H and O–H groups in total. The number of rotatable bonds is 6. The van der Waals surface area contributed by atoms with Gasteiger partial charge >= 0.3 is 0 Å². The van der Waals surface area contributed by atoms with Gasteiger partial charge in [0.25, 0.3) is 5.91 Å². The van der Waals surface area contributed by atoms with Crippen molar-refractivity contribution in [3.05, 3.63) is 72.6 Å². The van der Waals surface area contributed by atoms with Gasteiger partial charge < -0.3 is 20.3 Å². The summed E-state index contributed by atoms with van der Waals surface area (Å²) in [5.41, 5.74) is 4.03. The average Bonchev–Trinajstić information content (AvgIpc) is 3.29. The van der Waals surface area contributed by atoms with Crippen LogP contribution >= 0.6 is 0 Å². The van der Waals surface area contributed by atoms with Gasteiger partial charge in [-0.15, -0.1) is 0 Å². The van der Waals surface area contributed by atoms with Gasteiger partial charge in [-0.3, -0.25) is 9.78 Å². The third-order valence-corrected chi connectivity index (χ3v) is 4.95. The summed E-state index contributed by atoms with van der Waals surface area (Å²) in [5.74, 6) is 0.412. The summed E-state index contributed by atoms with van der Waals surface area (Å²) in [6.45, 7) is 2.26. The highest BCUT2D eigenvalue weighted by Crippen LogP contribution is 2.24. The van der Waals surface area contributed by atoms with Crippen LogP contribution in [0.4, 0.5) is 22.7 Å². The van der Waals surface area contributed by atoms with Gasteiger partial charge in [-0.05, 0) is 61.4 Å². The minimum atomic E-state index is -0.272. The molecule has 0 saturated carbocycles. The summed E-state index contributed by atoms with van der Waals surface area (Å²) in [6.07, 6.45) is 4.15. The zero-order valence-corrected chi connectivity index (χ0v) is 16.4. The van der Waals surface area contributed by atoms with Crippen molar-refractivity contribution in [2.45, 2.75) is 12.8 Å². The molecule has 6 nitrogen and oxygen atoms in total. The van der Waals surface area contributed by atoms with E-state index in [1.807, 2.05) is 24.3 Å². The van der Waals surface area contributed by atoms with Crippen molar-refractivity contribution in [3.8, 4) is 5.75 Å². The van der Waals surface area contributed by atoms with Gasteiger partial charge in [-0.25, -0.2) is 0 Å². The van der Waals surface area contributed by atoms with E-state index in [4.69, 9.17) is 4.74 Å². The summed E-state index contributed by atoms with van der Waals surface area (Å²) in [6, 6.07) is 19.2. The third kappa shape index (κ3) is 4.66. The quantitative estimate of drug-likeness (QED) is 0.641. The second kappa shape index (κ2) is 8.65. The molecule has 1 aromatic heterocycles. The van der Waals surface area contributed by atoms with E-state index in [0.29, 0.717) is 17.1 Å². The number of methoxy groups -OCH3 is 1. The Morgan fingerprint density at radius 1 is 0.966 bits per heavy atom. The normalized spacial score (nSPS) is 13.2. The van der Waals surface area contributed by atoms with E-state index in [-0.39, 0.29) is 5.91 Å². The number of nitrogens with one attached hydrogen (secondary N) is 2. The minimum Gasteiger partial charge on any atom is -0.497 e. The molecule has 1 aliphatic heterocycles. The van der Waals surface area contributed by atoms with Gasteiger partial charge in [0.05, 0.1) is 7.11 Å². The zero-order chi connectivity index (χ0) is 20.1. The number of hydrogen-bond donors (Lipinski definition) is 2. The van der Waals surface area contributed by atoms with E-state index in [0.717, 1.165) is 24.5 Å². The van der Waals surface area contributed by atoms with E-state index in [1.165, 1.54) is 18.5 Å². The van der Waals surface area contributed by atoms with Gasteiger partial charge in [0.15, 0.2) is 0 Å². The van der Waals surface area contributed by atoms with Gasteiger partial charge in [0.2, 0.25) is 0 Å². The van der Waals surface area contributed by atoms with E-state index in [1.54, 1.807) is 25.4 Å². The van der Waals surface area contributed by atoms with Gasteiger partial charge in [-0.1, -0.05) is 6.07 Å². The molecule has 4 rings (SSSR count). The van der Waals surface area contributed by atoms with Crippen LogP contribution < -0.4 is 20.3 Å². The number of carbonyl (C=O) groups is 1. The monoisotopic (exact) mass is 388 g/mol. The molecule has 29 heavy (non-hydrogen) atoms. The van der Waals surface area contributed by atoms with Crippen LogP contribution in [0.25, 0.3) is 0 Å². The van der Waals surface area contributed by atoms with Crippen LogP contribution in [0.15, 0.2) is 66.9 Å². The van der Waals surface area contributed by atoms with Crippen LogP contribution in [0, 0.1) is 0 Å². The first-order valence-corrected chi connectivity index (χ1v) is 9.75. The van der Waals surface area contributed by atoms with Crippen LogP contribution in [0.3, 0.4) is 0 Å². The molecule has 6 heteroatoms. The highest BCUT2D eigenvalue weighted by Gasteiger charge is 2.12. The number of amides is 1. The van der Waals surface area contributed by atoms with Crippen molar-refractivity contribution in [3.63, 3.8) is 0 Å². The Bertz CT molecular complexity index is 982. The van der Waals surface area contributed by atoms with E-state index < -0.39 is 0 Å². The molecule has 0 unspecified atom stereocenters. The number of ether oxygens (including phenoxy) is 1. The molecular weight excluding hydrogens is 364 g/mol. The smallest absolute Gasteiger partial charge is 0.274 e. The topological polar surface area (TPSA) is 66.5 Å². The minimum absolute atomic E-state index is 0.272. The molecule has 148 valence electrons. The number of carbonyl (C=O) groups excluding carboxylic acids is 1. The van der Waals surface area contributed by atoms with Crippen LogP contribution in [-0.4, -0.2) is 31.1 Å². The molecule has 2 aromatic carbocycles. The van der Waals surface area contributed by atoms with E-state index in [9.17, 15) is 4.79 Å². The molecule has 2 heterocycles. The maximum Gasteiger partial charge on any atom is 0.274 e. The van der Waals surface area contributed by atoms with E-state index in [2.05, 4.69) is 44.8 Å². The number of benzene rings is 2. The lowest BCUT2D eigenvalue weighted by Crippen LogP contribution is -2.17. The summed E-state index contributed by atoms with van der Waals surface area (Å²) in [5, 5.41) is 6.19. The number of pyridine rings is 1. The van der Waals surface area contributed by atoms with Crippen LogP contribution in [-0.2, 0) is 0 Å². The molecule has 0 radical (unpaired) electrons. The average molecular weight is 388 g/mol. The maximum atomic E-state index is 12.6. The highest BCUT2D eigenvalue weighted by atomic mass is 16.5. The number of hydrogen-bond acceptors (Lipinski definition) is 5. The fraction of sp³-hybridized carbons (Fsp3) is 0.217. The van der Waals surface area contributed by atoms with Crippen molar-refractivity contribution in [2.75, 3.05) is 35.7 Å². The molecule has 1 aliphatic rings. The summed E-state index contributed by atoms with van der Waals surface area (Å²) in [7, 11) is 1.59. The number of aromatic nitrogens is 1. The molecular formula is C23H24N4O2. The Balaban J connectivity index is 1.43. The standard InChI is InChI=1S/C23H24N4O2/c1-29-21-6-4-5-18(15-21)26-23(28)22-16-19(11-12-24-22)25-17-7-9-20(10-8-17)27-13-2-3-14-27/h4-12,15-16H,2-3,13-14H2,1H3,(H,24,25)(H,26,28). The Kier molecular flexibility index (Phi) is 5.61. The van der Waals surface area contributed by atoms with Crippen molar-refractivity contribution < 1.29 is 9.53 Å².